The van der Waals surface area contributed by atoms with Gasteiger partial charge < -0.3 is 11.3 Å². The molecule has 2 nitrogen and oxygen atoms in total. The lowest BCUT2D eigenvalue weighted by atomic mass is 10.2. The Bertz CT molecular complexity index is 52.5. The minimum Gasteiger partial charge on any atom is -0.393 e. The number of aliphatic hydroxyl groups is 1. The fraction of sp³-hybridized carbons (Fsp3) is 0.667. The largest absolute Gasteiger partial charge is 0.393 e. The minimum atomic E-state index is -0.169. The third kappa shape index (κ3) is 9.18. The van der Waals surface area contributed by atoms with Crippen LogP contribution >= 0.6 is 0 Å². The molecule has 0 radical (unpaired) electrons. The highest BCUT2D eigenvalue weighted by Gasteiger charge is 1.88. The molecule has 0 aromatic rings. The first kappa shape index (κ1) is 10.6. The van der Waals surface area contributed by atoms with Crippen LogP contribution in [0.4, 0.5) is 0 Å². The number of allylic oxidation sites excluding steroid dienone is 1. The van der Waals surface area contributed by atoms with Gasteiger partial charge in [0.15, 0.2) is 0 Å². The second-order valence-electron chi connectivity index (χ2n) is 1.72. The fourth-order valence-corrected chi connectivity index (χ4v) is 0.359. The molecule has 0 saturated heterocycles. The summed E-state index contributed by atoms with van der Waals surface area (Å²) in [5.41, 5.74) is 0. The highest BCUT2D eigenvalue weighted by atomic mass is 16.3. The van der Waals surface area contributed by atoms with Gasteiger partial charge in [-0.3, -0.25) is 0 Å². The van der Waals surface area contributed by atoms with Gasteiger partial charge in [0, 0.05) is 0 Å². The van der Waals surface area contributed by atoms with Crippen molar-refractivity contribution in [2.75, 3.05) is 0 Å². The van der Waals surface area contributed by atoms with Crippen LogP contribution in [0.25, 0.3) is 0 Å². The van der Waals surface area contributed by atoms with Crippen LogP contribution in [0.5, 0.6) is 0 Å². The summed E-state index contributed by atoms with van der Waals surface area (Å²) in [7, 11) is 0. The van der Waals surface area contributed by atoms with E-state index in [-0.39, 0.29) is 12.3 Å². The smallest absolute Gasteiger partial charge is 0.0515 e. The molecule has 4 N–H and O–H groups in total. The van der Waals surface area contributed by atoms with Crippen molar-refractivity contribution in [3.8, 4) is 0 Å². The van der Waals surface area contributed by atoms with E-state index in [1.807, 2.05) is 6.08 Å². The molecular formula is C6H15NO. The third-order valence-electron chi connectivity index (χ3n) is 0.789. The number of hydrogen-bond donors (Lipinski definition) is 2. The van der Waals surface area contributed by atoms with Crippen molar-refractivity contribution in [1.82, 2.24) is 6.15 Å². The molecule has 1 unspecified atom stereocenters. The number of aliphatic hydroxyl groups excluding tert-OH is 1. The Balaban J connectivity index is 0. The van der Waals surface area contributed by atoms with Crippen molar-refractivity contribution < 1.29 is 5.11 Å². The molecule has 0 amide bonds. The lowest BCUT2D eigenvalue weighted by molar-refractivity contribution is 0.186. The molecule has 0 aliphatic carbocycles. The van der Waals surface area contributed by atoms with E-state index in [1.54, 1.807) is 6.92 Å². The Kier molecular flexibility index (Phi) is 8.83. The minimum absolute atomic E-state index is 0. The summed E-state index contributed by atoms with van der Waals surface area (Å²) in [5, 5.41) is 8.64. The molecule has 0 aliphatic rings. The summed E-state index contributed by atoms with van der Waals surface area (Å²) in [6.07, 6.45) is 3.39. The van der Waals surface area contributed by atoms with E-state index in [9.17, 15) is 0 Å². The highest BCUT2D eigenvalue weighted by molar-refractivity contribution is 4.66. The van der Waals surface area contributed by atoms with Crippen molar-refractivity contribution in [3.63, 3.8) is 0 Å². The maximum absolute atomic E-state index is 8.64. The van der Waals surface area contributed by atoms with E-state index < -0.39 is 0 Å². The van der Waals surface area contributed by atoms with Crippen LogP contribution in [0, 0.1) is 0 Å². The summed E-state index contributed by atoms with van der Waals surface area (Å²) >= 11 is 0. The summed E-state index contributed by atoms with van der Waals surface area (Å²) in [6, 6.07) is 0. The quantitative estimate of drug-likeness (QED) is 0.550. The molecule has 0 fully saturated rings. The van der Waals surface area contributed by atoms with Gasteiger partial charge in [-0.2, -0.15) is 0 Å². The molecule has 2 heteroatoms. The average molecular weight is 117 g/mol. The van der Waals surface area contributed by atoms with Crippen LogP contribution in [0.15, 0.2) is 12.7 Å². The van der Waals surface area contributed by atoms with E-state index in [0.717, 1.165) is 12.8 Å². The van der Waals surface area contributed by atoms with E-state index in [2.05, 4.69) is 6.58 Å². The van der Waals surface area contributed by atoms with Crippen LogP contribution in [0.3, 0.4) is 0 Å². The van der Waals surface area contributed by atoms with E-state index in [4.69, 9.17) is 5.11 Å². The lowest BCUT2D eigenvalue weighted by Gasteiger charge is -1.96. The standard InChI is InChI=1S/C6H12O.H3N/c1-3-4-5-6(2)7;/h3,6-7H,1,4-5H2,2H3;1H3. The summed E-state index contributed by atoms with van der Waals surface area (Å²) in [4.78, 5) is 0. The third-order valence-corrected chi connectivity index (χ3v) is 0.789. The number of rotatable bonds is 3. The first-order chi connectivity index (χ1) is 3.27. The van der Waals surface area contributed by atoms with Crippen LogP contribution in [-0.2, 0) is 0 Å². The predicted octanol–water partition coefficient (Wildman–Crippen LogP) is 1.50. The van der Waals surface area contributed by atoms with Crippen molar-refractivity contribution in [2.24, 2.45) is 0 Å². The zero-order valence-electron chi connectivity index (χ0n) is 5.43. The zero-order valence-corrected chi connectivity index (χ0v) is 5.43. The Morgan fingerprint density at radius 3 is 2.38 bits per heavy atom. The monoisotopic (exact) mass is 117 g/mol. The fourth-order valence-electron chi connectivity index (χ4n) is 0.359. The normalized spacial score (nSPS) is 11.8. The van der Waals surface area contributed by atoms with Crippen molar-refractivity contribution in [3.05, 3.63) is 12.7 Å². The van der Waals surface area contributed by atoms with E-state index >= 15 is 0 Å². The Hall–Kier alpha value is -0.340. The first-order valence-corrected chi connectivity index (χ1v) is 2.56. The van der Waals surface area contributed by atoms with Crippen LogP contribution in [-0.4, -0.2) is 11.2 Å². The van der Waals surface area contributed by atoms with Gasteiger partial charge in [-0.1, -0.05) is 6.08 Å². The SMILES string of the molecule is C=CCCC(C)O.N. The molecule has 8 heavy (non-hydrogen) atoms. The van der Waals surface area contributed by atoms with Crippen molar-refractivity contribution in [2.45, 2.75) is 25.9 Å². The molecule has 0 aromatic heterocycles. The van der Waals surface area contributed by atoms with Gasteiger partial charge in [-0.25, -0.2) is 0 Å². The van der Waals surface area contributed by atoms with Crippen LogP contribution < -0.4 is 6.15 Å². The van der Waals surface area contributed by atoms with E-state index in [0.29, 0.717) is 0 Å². The van der Waals surface area contributed by atoms with Crippen molar-refractivity contribution in [1.29, 1.82) is 0 Å². The van der Waals surface area contributed by atoms with Crippen LogP contribution in [0.2, 0.25) is 0 Å². The van der Waals surface area contributed by atoms with Gasteiger partial charge in [0.2, 0.25) is 0 Å². The molecular weight excluding hydrogens is 102 g/mol. The number of hydrogen-bond acceptors (Lipinski definition) is 2. The Labute approximate surface area is 50.8 Å². The van der Waals surface area contributed by atoms with Gasteiger partial charge in [0.1, 0.15) is 0 Å². The predicted molar refractivity (Wildman–Crippen MR) is 36.1 cm³/mol. The lowest BCUT2D eigenvalue weighted by Crippen LogP contribution is -1.96. The molecule has 0 heterocycles. The molecule has 0 rings (SSSR count). The van der Waals surface area contributed by atoms with Crippen LogP contribution in [0.1, 0.15) is 19.8 Å². The molecule has 0 aromatic carbocycles. The summed E-state index contributed by atoms with van der Waals surface area (Å²) in [6.45, 7) is 5.30. The van der Waals surface area contributed by atoms with Gasteiger partial charge in [-0.05, 0) is 19.8 Å². The maximum Gasteiger partial charge on any atom is 0.0515 e. The second kappa shape index (κ2) is 6.66. The molecule has 1 atom stereocenters. The summed E-state index contributed by atoms with van der Waals surface area (Å²) < 4.78 is 0. The van der Waals surface area contributed by atoms with E-state index in [1.165, 1.54) is 0 Å². The highest BCUT2D eigenvalue weighted by Crippen LogP contribution is 1.93. The molecule has 0 saturated carbocycles. The maximum atomic E-state index is 8.64. The molecule has 0 spiro atoms. The Morgan fingerprint density at radius 2 is 2.25 bits per heavy atom. The summed E-state index contributed by atoms with van der Waals surface area (Å²) in [5.74, 6) is 0. The molecule has 0 bridgehead atoms. The van der Waals surface area contributed by atoms with Gasteiger partial charge in [0.25, 0.3) is 0 Å². The van der Waals surface area contributed by atoms with Gasteiger partial charge in [-0.15, -0.1) is 6.58 Å². The molecule has 0 aliphatic heterocycles. The van der Waals surface area contributed by atoms with Gasteiger partial charge in [0.05, 0.1) is 6.10 Å². The second-order valence-corrected chi connectivity index (χ2v) is 1.72. The Morgan fingerprint density at radius 1 is 1.75 bits per heavy atom. The topological polar surface area (TPSA) is 55.2 Å². The molecule has 50 valence electrons. The average Bonchev–Trinajstić information content (AvgIpc) is 1.61. The zero-order chi connectivity index (χ0) is 5.70. The van der Waals surface area contributed by atoms with Crippen molar-refractivity contribution >= 4 is 0 Å². The first-order valence-electron chi connectivity index (χ1n) is 2.56. The van der Waals surface area contributed by atoms with Gasteiger partial charge >= 0.3 is 0 Å².